The van der Waals surface area contributed by atoms with Gasteiger partial charge in [-0.3, -0.25) is 0 Å². The Balaban J connectivity index is 2.35. The Kier molecular flexibility index (Phi) is 4.35. The highest BCUT2D eigenvalue weighted by Gasteiger charge is 2.00. The summed E-state index contributed by atoms with van der Waals surface area (Å²) in [6, 6.07) is 9.62. The first-order valence-corrected chi connectivity index (χ1v) is 4.82. The van der Waals surface area contributed by atoms with Crippen molar-refractivity contribution in [2.75, 3.05) is 5.32 Å². The zero-order valence-corrected chi connectivity index (χ0v) is 9.04. The molecule has 0 saturated carbocycles. The maximum Gasteiger partial charge on any atom is 0.223 e. The summed E-state index contributed by atoms with van der Waals surface area (Å²) in [7, 11) is 0. The summed E-state index contributed by atoms with van der Waals surface area (Å²) in [5, 5.41) is 3.27. The van der Waals surface area contributed by atoms with E-state index in [2.05, 4.69) is 10.8 Å². The quantitative estimate of drug-likeness (QED) is 0.613. The molecule has 0 fully saturated rings. The monoisotopic (exact) mass is 209 g/mol. The minimum Gasteiger partial charge on any atom is -0.329 e. The van der Waals surface area contributed by atoms with E-state index in [0.29, 0.717) is 5.11 Å². The van der Waals surface area contributed by atoms with Gasteiger partial charge in [-0.25, -0.2) is 4.84 Å². The first kappa shape index (κ1) is 10.9. The van der Waals surface area contributed by atoms with E-state index in [1.807, 2.05) is 44.2 Å². The molecule has 3 nitrogen and oxygen atoms in total. The van der Waals surface area contributed by atoms with Crippen LogP contribution in [0.25, 0.3) is 0 Å². The molecule has 0 heterocycles. The van der Waals surface area contributed by atoms with Crippen LogP contribution in [0.3, 0.4) is 0 Å². The molecule has 1 rings (SSSR count). The highest BCUT2D eigenvalue weighted by molar-refractivity contribution is 7.80. The van der Waals surface area contributed by atoms with Crippen LogP contribution < -0.4 is 10.8 Å². The number of hydrogen-bond acceptors (Lipinski definition) is 2. The highest BCUT2D eigenvalue weighted by atomic mass is 32.1. The lowest BCUT2D eigenvalue weighted by atomic mass is 10.3. The molecule has 0 amide bonds. The van der Waals surface area contributed by atoms with Crippen molar-refractivity contribution in [3.8, 4) is 0 Å². The molecule has 0 aliphatic rings. The lowest BCUT2D eigenvalue weighted by molar-refractivity contribution is 0.0281. The molecule has 0 atom stereocenters. The summed E-state index contributed by atoms with van der Waals surface area (Å²) in [5.74, 6) is 0. The van der Waals surface area contributed by atoms with Crippen molar-refractivity contribution in [1.29, 1.82) is 0 Å². The normalized spacial score (nSPS) is 9.93. The number of nitrogens with zero attached hydrogens (tertiary/aromatic N) is 1. The van der Waals surface area contributed by atoms with Gasteiger partial charge in [-0.1, -0.05) is 18.2 Å². The Morgan fingerprint density at radius 3 is 2.57 bits per heavy atom. The average molecular weight is 209 g/mol. The molecular weight excluding hydrogens is 196 g/mol. The standard InChI is InChI=1S/C10H13N2OS/c1-8(2)13-12-10(14)11-9-6-4-3-5-7-9/h3-8H,1-2H3,(H,11,14). The van der Waals surface area contributed by atoms with Gasteiger partial charge in [0.1, 0.15) is 0 Å². The predicted octanol–water partition coefficient (Wildman–Crippen LogP) is 2.33. The number of thiocarbonyl (C=S) groups is 1. The number of hydroxylamine groups is 1. The van der Waals surface area contributed by atoms with Gasteiger partial charge in [0.2, 0.25) is 5.11 Å². The third kappa shape index (κ3) is 4.20. The number of rotatable bonds is 3. The van der Waals surface area contributed by atoms with Gasteiger partial charge >= 0.3 is 0 Å². The molecule has 0 bridgehead atoms. The Morgan fingerprint density at radius 2 is 2.00 bits per heavy atom. The van der Waals surface area contributed by atoms with Crippen molar-refractivity contribution in [3.05, 3.63) is 30.3 Å². The van der Waals surface area contributed by atoms with Gasteiger partial charge in [-0.2, -0.15) is 0 Å². The summed E-state index contributed by atoms with van der Waals surface area (Å²) in [6.07, 6.45) is 0.0468. The van der Waals surface area contributed by atoms with Crippen molar-refractivity contribution >= 4 is 23.0 Å². The van der Waals surface area contributed by atoms with E-state index in [4.69, 9.17) is 17.1 Å². The van der Waals surface area contributed by atoms with Crippen LogP contribution in [-0.4, -0.2) is 11.2 Å². The molecule has 0 unspecified atom stereocenters. The predicted molar refractivity (Wildman–Crippen MR) is 61.0 cm³/mol. The second kappa shape index (κ2) is 5.57. The van der Waals surface area contributed by atoms with E-state index >= 15 is 0 Å². The molecular formula is C10H13N2OS. The van der Waals surface area contributed by atoms with Gasteiger partial charge in [0.15, 0.2) is 0 Å². The van der Waals surface area contributed by atoms with E-state index in [0.717, 1.165) is 5.69 Å². The fourth-order valence-electron chi connectivity index (χ4n) is 0.821. The average Bonchev–Trinajstić information content (AvgIpc) is 2.16. The maximum absolute atomic E-state index is 5.00. The van der Waals surface area contributed by atoms with Crippen LogP contribution in [0, 0.1) is 0 Å². The van der Waals surface area contributed by atoms with Gasteiger partial charge in [0.05, 0.1) is 6.10 Å². The number of para-hydroxylation sites is 1. The largest absolute Gasteiger partial charge is 0.329 e. The highest BCUT2D eigenvalue weighted by Crippen LogP contribution is 2.04. The molecule has 1 aromatic rings. The molecule has 0 aromatic heterocycles. The molecule has 0 saturated heterocycles. The van der Waals surface area contributed by atoms with E-state index in [-0.39, 0.29) is 6.10 Å². The lowest BCUT2D eigenvalue weighted by Crippen LogP contribution is -2.24. The van der Waals surface area contributed by atoms with Crippen molar-refractivity contribution in [2.45, 2.75) is 20.0 Å². The summed E-state index contributed by atoms with van der Waals surface area (Å²) in [5.41, 5.74) is 4.65. The van der Waals surface area contributed by atoms with E-state index < -0.39 is 0 Å². The first-order valence-electron chi connectivity index (χ1n) is 4.41. The number of anilines is 1. The second-order valence-electron chi connectivity index (χ2n) is 3.04. The molecule has 1 aromatic carbocycles. The van der Waals surface area contributed by atoms with Crippen LogP contribution in [0.2, 0.25) is 0 Å². The number of nitrogens with one attached hydrogen (secondary N) is 1. The molecule has 75 valence electrons. The zero-order chi connectivity index (χ0) is 10.4. The van der Waals surface area contributed by atoms with Crippen LogP contribution in [0.1, 0.15) is 13.8 Å². The molecule has 4 heteroatoms. The van der Waals surface area contributed by atoms with Crippen molar-refractivity contribution in [3.63, 3.8) is 0 Å². The molecule has 14 heavy (non-hydrogen) atoms. The number of hydrogen-bond donors (Lipinski definition) is 1. The van der Waals surface area contributed by atoms with Crippen LogP contribution in [0.4, 0.5) is 5.69 Å². The second-order valence-corrected chi connectivity index (χ2v) is 3.43. The van der Waals surface area contributed by atoms with Crippen LogP contribution in [-0.2, 0) is 4.84 Å². The molecule has 0 aliphatic carbocycles. The van der Waals surface area contributed by atoms with Gasteiger partial charge in [-0.15, -0.1) is 5.48 Å². The van der Waals surface area contributed by atoms with Crippen molar-refractivity contribution in [2.24, 2.45) is 0 Å². The topological polar surface area (TPSA) is 35.4 Å². The van der Waals surface area contributed by atoms with E-state index in [1.54, 1.807) is 0 Å². The van der Waals surface area contributed by atoms with Crippen LogP contribution >= 0.6 is 12.2 Å². The van der Waals surface area contributed by atoms with Gasteiger partial charge in [0.25, 0.3) is 0 Å². The zero-order valence-electron chi connectivity index (χ0n) is 8.23. The number of benzene rings is 1. The lowest BCUT2D eigenvalue weighted by Gasteiger charge is -2.08. The van der Waals surface area contributed by atoms with Gasteiger partial charge in [0, 0.05) is 5.69 Å². The third-order valence-corrected chi connectivity index (χ3v) is 1.55. The van der Waals surface area contributed by atoms with Gasteiger partial charge < -0.3 is 5.32 Å². The molecule has 0 aliphatic heterocycles. The maximum atomic E-state index is 5.00. The van der Waals surface area contributed by atoms with Crippen LogP contribution in [0.5, 0.6) is 0 Å². The summed E-state index contributed by atoms with van der Waals surface area (Å²) in [6.45, 7) is 3.79. The Bertz CT molecular complexity index is 287. The molecule has 1 N–H and O–H groups in total. The van der Waals surface area contributed by atoms with E-state index in [1.165, 1.54) is 0 Å². The smallest absolute Gasteiger partial charge is 0.223 e. The first-order chi connectivity index (χ1) is 6.68. The Labute approximate surface area is 89.4 Å². The minimum absolute atomic E-state index is 0.0468. The van der Waals surface area contributed by atoms with Crippen LogP contribution in [0.15, 0.2) is 30.3 Å². The molecule has 1 radical (unpaired) electrons. The minimum atomic E-state index is 0.0468. The SMILES string of the molecule is CC(C)O[N]C(=S)Nc1ccccc1. The fraction of sp³-hybridized carbons (Fsp3) is 0.300. The summed E-state index contributed by atoms with van der Waals surface area (Å²) < 4.78 is 0. The van der Waals surface area contributed by atoms with Crippen molar-refractivity contribution < 1.29 is 4.84 Å². The Hall–Kier alpha value is -1.13. The molecule has 0 spiro atoms. The summed E-state index contributed by atoms with van der Waals surface area (Å²) >= 11 is 4.95. The van der Waals surface area contributed by atoms with Crippen molar-refractivity contribution in [1.82, 2.24) is 5.48 Å². The van der Waals surface area contributed by atoms with E-state index in [9.17, 15) is 0 Å². The Morgan fingerprint density at radius 1 is 1.36 bits per heavy atom. The summed E-state index contributed by atoms with van der Waals surface area (Å²) in [4.78, 5) is 5.00. The fourth-order valence-corrected chi connectivity index (χ4v) is 0.982. The van der Waals surface area contributed by atoms with Gasteiger partial charge in [-0.05, 0) is 38.2 Å². The third-order valence-electron chi connectivity index (χ3n) is 1.37.